The summed E-state index contributed by atoms with van der Waals surface area (Å²) in [5.74, 6) is -0.261. The van der Waals surface area contributed by atoms with E-state index in [2.05, 4.69) is 4.98 Å². The number of fused-ring (bicyclic) bond motifs is 1. The standard InChI is InChI=1S/C14H11FN2O2/c1-8-6-10(18)3-5-12(8)17-13-4-2-9(15)7-11(13)16-14(17)19/h2-7,18H,1H3,(H,16,19). The number of imidazole rings is 1. The van der Waals surface area contributed by atoms with Crippen molar-refractivity contribution in [1.82, 2.24) is 9.55 Å². The molecule has 0 aliphatic heterocycles. The van der Waals surface area contributed by atoms with Gasteiger partial charge >= 0.3 is 5.69 Å². The van der Waals surface area contributed by atoms with Gasteiger partial charge in [0, 0.05) is 0 Å². The van der Waals surface area contributed by atoms with Gasteiger partial charge in [-0.05, 0) is 48.9 Å². The summed E-state index contributed by atoms with van der Waals surface area (Å²) in [4.78, 5) is 14.6. The van der Waals surface area contributed by atoms with Crippen LogP contribution in [0, 0.1) is 12.7 Å². The van der Waals surface area contributed by atoms with Gasteiger partial charge in [0.1, 0.15) is 11.6 Å². The molecule has 96 valence electrons. The minimum Gasteiger partial charge on any atom is -0.508 e. The van der Waals surface area contributed by atoms with Crippen LogP contribution in [-0.4, -0.2) is 14.7 Å². The van der Waals surface area contributed by atoms with Crippen LogP contribution in [0.5, 0.6) is 5.75 Å². The molecule has 2 aromatic carbocycles. The maximum atomic E-state index is 13.1. The Hall–Kier alpha value is -2.56. The number of hydrogen-bond donors (Lipinski definition) is 2. The second-order valence-electron chi connectivity index (χ2n) is 4.40. The summed E-state index contributed by atoms with van der Waals surface area (Å²) in [6.07, 6.45) is 0. The van der Waals surface area contributed by atoms with Crippen molar-refractivity contribution in [3.05, 3.63) is 58.3 Å². The molecule has 0 atom stereocenters. The van der Waals surface area contributed by atoms with Crippen molar-refractivity contribution in [2.75, 3.05) is 0 Å². The Bertz CT molecular complexity index is 833. The Kier molecular flexibility index (Phi) is 2.41. The fraction of sp³-hybridized carbons (Fsp3) is 0.0714. The summed E-state index contributed by atoms with van der Waals surface area (Å²) < 4.78 is 14.6. The smallest absolute Gasteiger partial charge is 0.331 e. The van der Waals surface area contributed by atoms with Gasteiger partial charge in [-0.1, -0.05) is 0 Å². The Morgan fingerprint density at radius 3 is 2.74 bits per heavy atom. The fourth-order valence-corrected chi connectivity index (χ4v) is 2.21. The van der Waals surface area contributed by atoms with Crippen molar-refractivity contribution < 1.29 is 9.50 Å². The number of benzene rings is 2. The molecule has 0 amide bonds. The van der Waals surface area contributed by atoms with Crippen molar-refractivity contribution in [1.29, 1.82) is 0 Å². The number of phenols is 1. The zero-order valence-electron chi connectivity index (χ0n) is 10.1. The minimum absolute atomic E-state index is 0.139. The van der Waals surface area contributed by atoms with Crippen LogP contribution in [-0.2, 0) is 0 Å². The van der Waals surface area contributed by atoms with Gasteiger partial charge in [0.2, 0.25) is 0 Å². The van der Waals surface area contributed by atoms with Gasteiger partial charge in [0.25, 0.3) is 0 Å². The van der Waals surface area contributed by atoms with E-state index in [0.717, 1.165) is 5.56 Å². The molecule has 3 aromatic rings. The van der Waals surface area contributed by atoms with E-state index in [1.807, 2.05) is 0 Å². The number of phenolic OH excluding ortho intramolecular Hbond substituents is 1. The Labute approximate surface area is 107 Å². The predicted molar refractivity (Wildman–Crippen MR) is 70.3 cm³/mol. The molecule has 0 unspecified atom stereocenters. The van der Waals surface area contributed by atoms with E-state index < -0.39 is 5.82 Å². The molecule has 5 heteroatoms. The summed E-state index contributed by atoms with van der Waals surface area (Å²) in [6, 6.07) is 8.88. The predicted octanol–water partition coefficient (Wildman–Crippen LogP) is 2.47. The summed E-state index contributed by atoms with van der Waals surface area (Å²) in [5, 5.41) is 9.41. The molecule has 0 saturated carbocycles. The Morgan fingerprint density at radius 1 is 1.21 bits per heavy atom. The zero-order chi connectivity index (χ0) is 13.6. The van der Waals surface area contributed by atoms with Crippen LogP contribution in [0.4, 0.5) is 4.39 Å². The van der Waals surface area contributed by atoms with Crippen LogP contribution >= 0.6 is 0 Å². The average molecular weight is 258 g/mol. The number of aryl methyl sites for hydroxylation is 1. The van der Waals surface area contributed by atoms with Gasteiger partial charge in [-0.3, -0.25) is 4.57 Å². The molecule has 0 bridgehead atoms. The van der Waals surface area contributed by atoms with Crippen LogP contribution in [0.1, 0.15) is 5.56 Å². The van der Waals surface area contributed by atoms with Gasteiger partial charge in [0.05, 0.1) is 16.7 Å². The highest BCUT2D eigenvalue weighted by Crippen LogP contribution is 2.22. The molecular formula is C14H11FN2O2. The molecule has 0 aliphatic carbocycles. The number of nitrogens with one attached hydrogen (secondary N) is 1. The molecule has 3 rings (SSSR count). The molecule has 2 N–H and O–H groups in total. The van der Waals surface area contributed by atoms with Gasteiger partial charge in [0.15, 0.2) is 0 Å². The number of halogens is 1. The second kappa shape index (κ2) is 3.98. The van der Waals surface area contributed by atoms with Gasteiger partial charge in [-0.15, -0.1) is 0 Å². The van der Waals surface area contributed by atoms with Gasteiger partial charge in [-0.25, -0.2) is 9.18 Å². The maximum absolute atomic E-state index is 13.1. The van der Waals surface area contributed by atoms with Crippen molar-refractivity contribution in [3.63, 3.8) is 0 Å². The van der Waals surface area contributed by atoms with Crippen molar-refractivity contribution in [3.8, 4) is 11.4 Å². The summed E-state index contributed by atoms with van der Waals surface area (Å²) >= 11 is 0. The molecule has 0 fully saturated rings. The lowest BCUT2D eigenvalue weighted by Crippen LogP contribution is -2.15. The van der Waals surface area contributed by atoms with E-state index in [1.54, 1.807) is 25.1 Å². The number of aromatic nitrogens is 2. The number of hydrogen-bond acceptors (Lipinski definition) is 2. The van der Waals surface area contributed by atoms with Crippen LogP contribution < -0.4 is 5.69 Å². The lowest BCUT2D eigenvalue weighted by Gasteiger charge is -2.07. The Balaban J connectivity index is 2.36. The number of aromatic amines is 1. The lowest BCUT2D eigenvalue weighted by atomic mass is 10.2. The number of aromatic hydroxyl groups is 1. The third-order valence-electron chi connectivity index (χ3n) is 3.07. The van der Waals surface area contributed by atoms with E-state index in [1.165, 1.54) is 22.8 Å². The van der Waals surface area contributed by atoms with Crippen molar-refractivity contribution >= 4 is 11.0 Å². The van der Waals surface area contributed by atoms with Crippen LogP contribution in [0.3, 0.4) is 0 Å². The normalized spacial score (nSPS) is 11.1. The topological polar surface area (TPSA) is 58.0 Å². The highest BCUT2D eigenvalue weighted by Gasteiger charge is 2.11. The van der Waals surface area contributed by atoms with Crippen molar-refractivity contribution in [2.24, 2.45) is 0 Å². The van der Waals surface area contributed by atoms with E-state index in [4.69, 9.17) is 0 Å². The molecule has 0 spiro atoms. The Morgan fingerprint density at radius 2 is 2.00 bits per heavy atom. The SMILES string of the molecule is Cc1cc(O)ccc1-n1c(=O)[nH]c2cc(F)ccc21. The molecule has 0 radical (unpaired) electrons. The first-order valence-electron chi connectivity index (χ1n) is 5.76. The molecule has 4 nitrogen and oxygen atoms in total. The molecule has 19 heavy (non-hydrogen) atoms. The largest absolute Gasteiger partial charge is 0.508 e. The summed E-state index contributed by atoms with van der Waals surface area (Å²) in [5.41, 5.74) is 2.11. The molecule has 1 aromatic heterocycles. The number of rotatable bonds is 1. The highest BCUT2D eigenvalue weighted by molar-refractivity contribution is 5.77. The highest BCUT2D eigenvalue weighted by atomic mass is 19.1. The van der Waals surface area contributed by atoms with E-state index in [0.29, 0.717) is 16.7 Å². The van der Waals surface area contributed by atoms with Gasteiger partial charge in [-0.2, -0.15) is 0 Å². The monoisotopic (exact) mass is 258 g/mol. The first-order valence-corrected chi connectivity index (χ1v) is 5.76. The first-order chi connectivity index (χ1) is 9.06. The lowest BCUT2D eigenvalue weighted by molar-refractivity contribution is 0.475. The molecule has 0 aliphatic rings. The van der Waals surface area contributed by atoms with Crippen LogP contribution in [0.15, 0.2) is 41.2 Å². The van der Waals surface area contributed by atoms with Crippen LogP contribution in [0.25, 0.3) is 16.7 Å². The van der Waals surface area contributed by atoms with E-state index in [9.17, 15) is 14.3 Å². The maximum Gasteiger partial charge on any atom is 0.331 e. The zero-order valence-corrected chi connectivity index (χ0v) is 10.1. The molecular weight excluding hydrogens is 247 g/mol. The van der Waals surface area contributed by atoms with E-state index in [-0.39, 0.29) is 11.4 Å². The van der Waals surface area contributed by atoms with Crippen molar-refractivity contribution in [2.45, 2.75) is 6.92 Å². The van der Waals surface area contributed by atoms with Crippen LogP contribution in [0.2, 0.25) is 0 Å². The summed E-state index contributed by atoms with van der Waals surface area (Å²) in [6.45, 7) is 1.80. The number of nitrogens with zero attached hydrogens (tertiary/aromatic N) is 1. The fourth-order valence-electron chi connectivity index (χ4n) is 2.21. The van der Waals surface area contributed by atoms with E-state index >= 15 is 0 Å². The number of H-pyrrole nitrogens is 1. The summed E-state index contributed by atoms with van der Waals surface area (Å²) in [7, 11) is 0. The average Bonchev–Trinajstić information content (AvgIpc) is 2.65. The van der Waals surface area contributed by atoms with Gasteiger partial charge < -0.3 is 10.1 Å². The molecule has 0 saturated heterocycles. The minimum atomic E-state index is -0.400. The molecule has 1 heterocycles. The third-order valence-corrected chi connectivity index (χ3v) is 3.07. The second-order valence-corrected chi connectivity index (χ2v) is 4.40. The quantitative estimate of drug-likeness (QED) is 0.704. The first kappa shape index (κ1) is 11.5. The third kappa shape index (κ3) is 1.79.